The zero-order chi connectivity index (χ0) is 26.7. The molecule has 2 aromatic carbocycles. The van der Waals surface area contributed by atoms with Crippen molar-refractivity contribution in [3.63, 3.8) is 0 Å². The first kappa shape index (κ1) is 25.8. The van der Waals surface area contributed by atoms with Gasteiger partial charge in [-0.25, -0.2) is 9.50 Å². The molecule has 194 valence electrons. The van der Waals surface area contributed by atoms with Gasteiger partial charge in [0.1, 0.15) is 5.82 Å². The minimum atomic E-state index is -0.485. The first-order valence-electron chi connectivity index (χ1n) is 11.9. The van der Waals surface area contributed by atoms with Crippen LogP contribution in [0.1, 0.15) is 31.9 Å². The van der Waals surface area contributed by atoms with E-state index in [2.05, 4.69) is 15.7 Å². The van der Waals surface area contributed by atoms with Gasteiger partial charge in [-0.05, 0) is 48.4 Å². The summed E-state index contributed by atoms with van der Waals surface area (Å²) in [6.07, 6.45) is 1.87. The third kappa shape index (κ3) is 5.61. The second-order valence-electron chi connectivity index (χ2n) is 9.77. The summed E-state index contributed by atoms with van der Waals surface area (Å²) in [5.74, 6) is 2.39. The third-order valence-corrected chi connectivity index (χ3v) is 5.98. The van der Waals surface area contributed by atoms with E-state index in [4.69, 9.17) is 19.2 Å². The van der Waals surface area contributed by atoms with Gasteiger partial charge in [0, 0.05) is 23.2 Å². The number of hydrogen-bond donors (Lipinski definition) is 2. The largest absolute Gasteiger partial charge is 0.493 e. The number of carbonyl (C=O) groups is 1. The van der Waals surface area contributed by atoms with E-state index in [1.807, 2.05) is 76.4 Å². The molecule has 0 radical (unpaired) electrons. The van der Waals surface area contributed by atoms with E-state index in [1.165, 1.54) is 0 Å². The van der Waals surface area contributed by atoms with Gasteiger partial charge in [-0.2, -0.15) is 0 Å². The van der Waals surface area contributed by atoms with Crippen LogP contribution >= 0.6 is 0 Å². The van der Waals surface area contributed by atoms with Crippen molar-refractivity contribution in [1.82, 2.24) is 14.6 Å². The van der Waals surface area contributed by atoms with Gasteiger partial charge in [0.25, 0.3) is 0 Å². The summed E-state index contributed by atoms with van der Waals surface area (Å²) < 4.78 is 18.0. The topological polar surface area (TPSA) is 99.0 Å². The molecule has 2 aromatic heterocycles. The number of rotatable bonds is 8. The molecule has 2 heterocycles. The number of ether oxygens (including phenoxy) is 3. The van der Waals surface area contributed by atoms with E-state index in [1.54, 1.807) is 25.8 Å². The van der Waals surface area contributed by atoms with Crippen LogP contribution < -0.4 is 24.8 Å². The molecule has 1 amide bonds. The molecular weight excluding hydrogens is 470 g/mol. The monoisotopic (exact) mass is 503 g/mol. The van der Waals surface area contributed by atoms with Crippen molar-refractivity contribution in [3.8, 4) is 28.5 Å². The zero-order valence-electron chi connectivity index (χ0n) is 22.3. The average Bonchev–Trinajstić information content (AvgIpc) is 3.30. The second-order valence-corrected chi connectivity index (χ2v) is 9.77. The lowest BCUT2D eigenvalue weighted by atomic mass is 9.95. The fraction of sp³-hybridized carbons (Fsp3) is 0.321. The molecule has 9 nitrogen and oxygen atoms in total. The molecule has 0 aliphatic rings. The lowest BCUT2D eigenvalue weighted by Gasteiger charge is -2.19. The summed E-state index contributed by atoms with van der Waals surface area (Å²) >= 11 is 0. The molecule has 0 saturated carbocycles. The van der Waals surface area contributed by atoms with E-state index in [-0.39, 0.29) is 5.91 Å². The number of carbonyl (C=O) groups excluding carboxylic acids is 1. The first-order chi connectivity index (χ1) is 17.6. The van der Waals surface area contributed by atoms with E-state index in [9.17, 15) is 4.79 Å². The van der Waals surface area contributed by atoms with Crippen molar-refractivity contribution < 1.29 is 19.0 Å². The minimum absolute atomic E-state index is 0.0350. The van der Waals surface area contributed by atoms with Gasteiger partial charge in [-0.1, -0.05) is 32.9 Å². The Labute approximate surface area is 216 Å². The van der Waals surface area contributed by atoms with Crippen LogP contribution in [0.3, 0.4) is 0 Å². The Morgan fingerprint density at radius 1 is 0.973 bits per heavy atom. The number of methoxy groups -OCH3 is 3. The van der Waals surface area contributed by atoms with Crippen molar-refractivity contribution in [2.75, 3.05) is 32.0 Å². The number of benzene rings is 2. The van der Waals surface area contributed by atoms with E-state index >= 15 is 0 Å². The van der Waals surface area contributed by atoms with E-state index < -0.39 is 5.41 Å². The highest BCUT2D eigenvalue weighted by molar-refractivity contribution is 5.95. The number of aromatic nitrogens is 3. The SMILES string of the molecule is COc1cc(CNc2ccc3nc(-c4ccc(C)c(NC(=O)C(C)(C)C)c4)cn3n2)cc(OC)c1OC. The molecule has 0 saturated heterocycles. The predicted octanol–water partition coefficient (Wildman–Crippen LogP) is 5.33. The van der Waals surface area contributed by atoms with Gasteiger partial charge in [-0.3, -0.25) is 4.79 Å². The molecule has 9 heteroatoms. The summed E-state index contributed by atoms with van der Waals surface area (Å²) in [4.78, 5) is 17.2. The maximum absolute atomic E-state index is 12.5. The molecule has 4 aromatic rings. The molecule has 0 aliphatic carbocycles. The number of fused-ring (bicyclic) bond motifs is 1. The summed E-state index contributed by atoms with van der Waals surface area (Å²) in [7, 11) is 4.77. The standard InChI is InChI=1S/C28H33N5O4/c1-17-8-9-19(14-20(17)31-27(34)28(2,3)4)21-16-33-25(30-21)11-10-24(32-33)29-15-18-12-22(35-5)26(37-7)23(13-18)36-6/h8-14,16H,15H2,1-7H3,(H,29,32)(H,31,34). The van der Waals surface area contributed by atoms with Gasteiger partial charge >= 0.3 is 0 Å². The summed E-state index contributed by atoms with van der Waals surface area (Å²) in [5, 5.41) is 11.0. The molecule has 0 atom stereocenters. The average molecular weight is 504 g/mol. The molecule has 0 fully saturated rings. The number of amides is 1. The number of nitrogens with one attached hydrogen (secondary N) is 2. The maximum atomic E-state index is 12.5. The lowest BCUT2D eigenvalue weighted by molar-refractivity contribution is -0.123. The van der Waals surface area contributed by atoms with Gasteiger partial charge in [0.2, 0.25) is 11.7 Å². The first-order valence-corrected chi connectivity index (χ1v) is 11.9. The molecule has 0 bridgehead atoms. The van der Waals surface area contributed by atoms with Crippen molar-refractivity contribution in [2.45, 2.75) is 34.2 Å². The molecule has 0 unspecified atom stereocenters. The highest BCUT2D eigenvalue weighted by atomic mass is 16.5. The van der Waals surface area contributed by atoms with Crippen molar-refractivity contribution in [1.29, 1.82) is 0 Å². The Bertz CT molecular complexity index is 1410. The van der Waals surface area contributed by atoms with Crippen LogP contribution in [0.15, 0.2) is 48.7 Å². The molecule has 37 heavy (non-hydrogen) atoms. The highest BCUT2D eigenvalue weighted by Crippen LogP contribution is 2.38. The number of nitrogens with zero attached hydrogens (tertiary/aromatic N) is 3. The molecule has 2 N–H and O–H groups in total. The minimum Gasteiger partial charge on any atom is -0.493 e. The Morgan fingerprint density at radius 2 is 1.68 bits per heavy atom. The van der Waals surface area contributed by atoms with Crippen LogP contribution in [-0.4, -0.2) is 41.8 Å². The number of hydrogen-bond acceptors (Lipinski definition) is 7. The van der Waals surface area contributed by atoms with Gasteiger partial charge < -0.3 is 24.8 Å². The van der Waals surface area contributed by atoms with Crippen LogP contribution in [-0.2, 0) is 11.3 Å². The van der Waals surface area contributed by atoms with Crippen molar-refractivity contribution in [2.24, 2.45) is 5.41 Å². The summed E-state index contributed by atoms with van der Waals surface area (Å²) in [6.45, 7) is 8.15. The van der Waals surface area contributed by atoms with E-state index in [0.29, 0.717) is 35.3 Å². The second kappa shape index (κ2) is 10.4. The van der Waals surface area contributed by atoms with Crippen LogP contribution in [0.4, 0.5) is 11.5 Å². The van der Waals surface area contributed by atoms with Crippen LogP contribution in [0, 0.1) is 12.3 Å². The Balaban J connectivity index is 1.55. The molecule has 0 spiro atoms. The zero-order valence-corrected chi connectivity index (χ0v) is 22.3. The predicted molar refractivity (Wildman–Crippen MR) is 145 cm³/mol. The maximum Gasteiger partial charge on any atom is 0.229 e. The van der Waals surface area contributed by atoms with Crippen molar-refractivity contribution in [3.05, 3.63) is 59.8 Å². The molecular formula is C28H33N5O4. The van der Waals surface area contributed by atoms with E-state index in [0.717, 1.165) is 28.1 Å². The molecule has 0 aliphatic heterocycles. The Kier molecular flexibility index (Phi) is 7.24. The van der Waals surface area contributed by atoms with Gasteiger partial charge in [0.05, 0.1) is 33.2 Å². The van der Waals surface area contributed by atoms with Crippen LogP contribution in [0.2, 0.25) is 0 Å². The number of anilines is 2. The quantitative estimate of drug-likeness (QED) is 0.335. The molecule has 4 rings (SSSR count). The highest BCUT2D eigenvalue weighted by Gasteiger charge is 2.22. The Hall–Kier alpha value is -4.27. The summed E-state index contributed by atoms with van der Waals surface area (Å²) in [6, 6.07) is 13.5. The fourth-order valence-corrected chi connectivity index (χ4v) is 3.77. The van der Waals surface area contributed by atoms with Gasteiger partial charge in [-0.15, -0.1) is 5.10 Å². The van der Waals surface area contributed by atoms with Crippen LogP contribution in [0.25, 0.3) is 16.9 Å². The normalized spacial score (nSPS) is 11.3. The summed E-state index contributed by atoms with van der Waals surface area (Å²) in [5.41, 5.74) is 4.60. The number of imidazole rings is 1. The van der Waals surface area contributed by atoms with Crippen LogP contribution in [0.5, 0.6) is 17.2 Å². The van der Waals surface area contributed by atoms with Crippen molar-refractivity contribution >= 4 is 23.1 Å². The lowest BCUT2D eigenvalue weighted by Crippen LogP contribution is -2.27. The smallest absolute Gasteiger partial charge is 0.229 e. The van der Waals surface area contributed by atoms with Gasteiger partial charge in [0.15, 0.2) is 17.1 Å². The fourth-order valence-electron chi connectivity index (χ4n) is 3.77. The Morgan fingerprint density at radius 3 is 2.30 bits per heavy atom. The third-order valence-electron chi connectivity index (χ3n) is 5.98. The number of aryl methyl sites for hydroxylation is 1.